The van der Waals surface area contributed by atoms with Gasteiger partial charge in [-0.05, 0) is 43.4 Å². The van der Waals surface area contributed by atoms with Crippen LogP contribution in [-0.4, -0.2) is 28.2 Å². The van der Waals surface area contributed by atoms with E-state index in [0.717, 1.165) is 25.7 Å². The van der Waals surface area contributed by atoms with Crippen LogP contribution >= 0.6 is 0 Å². The first-order chi connectivity index (χ1) is 11.6. The molecule has 2 unspecified atom stereocenters. The molecule has 1 saturated carbocycles. The van der Waals surface area contributed by atoms with E-state index in [1.807, 2.05) is 0 Å². The van der Waals surface area contributed by atoms with E-state index in [9.17, 15) is 14.7 Å². The van der Waals surface area contributed by atoms with E-state index < -0.39 is 0 Å². The van der Waals surface area contributed by atoms with Crippen molar-refractivity contribution in [2.24, 2.45) is 5.92 Å². The average molecular weight is 330 g/mol. The first-order valence-corrected chi connectivity index (χ1v) is 8.32. The minimum absolute atomic E-state index is 0.115. The lowest BCUT2D eigenvalue weighted by atomic mass is 9.87. The number of pyridine rings is 1. The summed E-state index contributed by atoms with van der Waals surface area (Å²) in [7, 11) is 0. The predicted octanol–water partition coefficient (Wildman–Crippen LogP) is 1.77. The number of carbonyl (C=O) groups is 1. The quantitative estimate of drug-likeness (QED) is 0.875. The molecule has 128 valence electrons. The summed E-state index contributed by atoms with van der Waals surface area (Å²) in [6.07, 6.45) is 5.04. The van der Waals surface area contributed by atoms with Crippen LogP contribution in [0.15, 0.2) is 45.7 Å². The van der Waals surface area contributed by atoms with E-state index in [0.29, 0.717) is 24.8 Å². The molecule has 1 amide bonds. The van der Waals surface area contributed by atoms with Crippen molar-refractivity contribution in [3.63, 3.8) is 0 Å². The molecule has 2 aromatic rings. The number of aliphatic hydroxyl groups excluding tert-OH is 1. The van der Waals surface area contributed by atoms with Crippen LogP contribution in [0.3, 0.4) is 0 Å². The molecule has 24 heavy (non-hydrogen) atoms. The molecular formula is C18H22N2O4. The Morgan fingerprint density at radius 3 is 2.96 bits per heavy atom. The SMILES string of the molecule is O=C(NCC1CCCC(O)C1)c1ccc(Cn2ccccc2=O)o1. The van der Waals surface area contributed by atoms with Crippen molar-refractivity contribution in [2.75, 3.05) is 6.54 Å². The smallest absolute Gasteiger partial charge is 0.287 e. The zero-order chi connectivity index (χ0) is 16.9. The standard InChI is InChI=1S/C18H22N2O4/c21-14-5-3-4-13(10-14)11-19-18(23)16-8-7-15(24-16)12-20-9-2-1-6-17(20)22/h1-2,6-9,13-14,21H,3-5,10-12H2,(H,19,23). The van der Waals surface area contributed by atoms with Crippen LogP contribution in [0, 0.1) is 5.92 Å². The Morgan fingerprint density at radius 1 is 1.29 bits per heavy atom. The summed E-state index contributed by atoms with van der Waals surface area (Å²) in [4.78, 5) is 23.9. The fourth-order valence-electron chi connectivity index (χ4n) is 3.12. The van der Waals surface area contributed by atoms with Crippen molar-refractivity contribution >= 4 is 5.91 Å². The van der Waals surface area contributed by atoms with Crippen LogP contribution in [0.2, 0.25) is 0 Å². The molecule has 2 aromatic heterocycles. The van der Waals surface area contributed by atoms with Crippen LogP contribution in [0.5, 0.6) is 0 Å². The second kappa shape index (κ2) is 7.49. The third-order valence-corrected chi connectivity index (χ3v) is 4.42. The number of furan rings is 1. The molecule has 1 aliphatic carbocycles. The molecule has 0 spiro atoms. The fourth-order valence-corrected chi connectivity index (χ4v) is 3.12. The highest BCUT2D eigenvalue weighted by molar-refractivity contribution is 5.91. The number of nitrogens with zero attached hydrogens (tertiary/aromatic N) is 1. The molecule has 6 heteroatoms. The Bertz CT molecular complexity index is 749. The molecule has 0 radical (unpaired) electrons. The van der Waals surface area contributed by atoms with Gasteiger partial charge in [0.25, 0.3) is 11.5 Å². The highest BCUT2D eigenvalue weighted by Gasteiger charge is 2.21. The summed E-state index contributed by atoms with van der Waals surface area (Å²) in [5.74, 6) is 0.851. The maximum absolute atomic E-state index is 12.2. The van der Waals surface area contributed by atoms with E-state index in [-0.39, 0.29) is 23.3 Å². The summed E-state index contributed by atoms with van der Waals surface area (Å²) >= 11 is 0. The normalized spacial score (nSPS) is 20.7. The lowest BCUT2D eigenvalue weighted by Crippen LogP contribution is -2.32. The Morgan fingerprint density at radius 2 is 2.17 bits per heavy atom. The third-order valence-electron chi connectivity index (χ3n) is 4.42. The van der Waals surface area contributed by atoms with Gasteiger partial charge >= 0.3 is 0 Å². The topological polar surface area (TPSA) is 84.5 Å². The van der Waals surface area contributed by atoms with Gasteiger partial charge in [0, 0.05) is 18.8 Å². The zero-order valence-corrected chi connectivity index (χ0v) is 13.5. The lowest BCUT2D eigenvalue weighted by molar-refractivity contribution is 0.0852. The van der Waals surface area contributed by atoms with Crippen molar-refractivity contribution < 1.29 is 14.3 Å². The van der Waals surface area contributed by atoms with Crippen molar-refractivity contribution in [2.45, 2.75) is 38.3 Å². The number of hydrogen-bond acceptors (Lipinski definition) is 4. The van der Waals surface area contributed by atoms with E-state index in [2.05, 4.69) is 5.32 Å². The van der Waals surface area contributed by atoms with Gasteiger partial charge in [0.05, 0.1) is 12.6 Å². The highest BCUT2D eigenvalue weighted by atomic mass is 16.4. The number of aromatic nitrogens is 1. The first kappa shape index (κ1) is 16.5. The number of hydrogen-bond donors (Lipinski definition) is 2. The molecular weight excluding hydrogens is 308 g/mol. The first-order valence-electron chi connectivity index (χ1n) is 8.32. The van der Waals surface area contributed by atoms with Gasteiger partial charge in [-0.15, -0.1) is 0 Å². The number of carbonyl (C=O) groups excluding carboxylic acids is 1. The molecule has 2 atom stereocenters. The number of nitrogens with one attached hydrogen (secondary N) is 1. The lowest BCUT2D eigenvalue weighted by Gasteiger charge is -2.25. The van der Waals surface area contributed by atoms with Crippen LogP contribution in [0.25, 0.3) is 0 Å². The summed E-state index contributed by atoms with van der Waals surface area (Å²) in [6, 6.07) is 8.26. The molecule has 0 aromatic carbocycles. The van der Waals surface area contributed by atoms with Crippen molar-refractivity contribution in [3.05, 3.63) is 58.4 Å². The summed E-state index contributed by atoms with van der Waals surface area (Å²) in [6.45, 7) is 0.839. The molecule has 2 N–H and O–H groups in total. The van der Waals surface area contributed by atoms with E-state index in [4.69, 9.17) is 4.42 Å². The number of aliphatic hydroxyl groups is 1. The molecule has 0 saturated heterocycles. The van der Waals surface area contributed by atoms with Gasteiger partial charge in [-0.3, -0.25) is 9.59 Å². The van der Waals surface area contributed by atoms with E-state index >= 15 is 0 Å². The largest absolute Gasteiger partial charge is 0.454 e. The van der Waals surface area contributed by atoms with Gasteiger partial charge < -0.3 is 19.4 Å². The van der Waals surface area contributed by atoms with Crippen LogP contribution in [0.4, 0.5) is 0 Å². The minimum Gasteiger partial charge on any atom is -0.454 e. The second-order valence-electron chi connectivity index (χ2n) is 6.33. The van der Waals surface area contributed by atoms with Gasteiger partial charge in [0.2, 0.25) is 0 Å². The Kier molecular flexibility index (Phi) is 5.15. The molecule has 3 rings (SSSR count). The van der Waals surface area contributed by atoms with Gasteiger partial charge in [-0.1, -0.05) is 12.5 Å². The summed E-state index contributed by atoms with van der Waals surface area (Å²) < 4.78 is 7.06. The maximum atomic E-state index is 12.2. The van der Waals surface area contributed by atoms with Gasteiger partial charge in [-0.2, -0.15) is 0 Å². The molecule has 2 heterocycles. The monoisotopic (exact) mass is 330 g/mol. The Hall–Kier alpha value is -2.34. The minimum atomic E-state index is -0.262. The fraction of sp³-hybridized carbons (Fsp3) is 0.444. The summed E-state index contributed by atoms with van der Waals surface area (Å²) in [5, 5.41) is 12.5. The van der Waals surface area contributed by atoms with Crippen molar-refractivity contribution in [1.29, 1.82) is 0 Å². The third kappa shape index (κ3) is 4.14. The molecule has 6 nitrogen and oxygen atoms in total. The predicted molar refractivity (Wildman–Crippen MR) is 88.8 cm³/mol. The molecule has 0 bridgehead atoms. The zero-order valence-electron chi connectivity index (χ0n) is 13.5. The molecule has 1 fully saturated rings. The molecule has 1 aliphatic rings. The Balaban J connectivity index is 1.55. The number of amides is 1. The van der Waals surface area contributed by atoms with Gasteiger partial charge in [0.1, 0.15) is 5.76 Å². The maximum Gasteiger partial charge on any atom is 0.287 e. The van der Waals surface area contributed by atoms with E-state index in [1.165, 1.54) is 10.6 Å². The van der Waals surface area contributed by atoms with Crippen LogP contribution in [-0.2, 0) is 6.54 Å². The van der Waals surface area contributed by atoms with Gasteiger partial charge in [0.15, 0.2) is 5.76 Å². The summed E-state index contributed by atoms with van der Waals surface area (Å²) in [5.41, 5.74) is -0.115. The van der Waals surface area contributed by atoms with Crippen LogP contribution < -0.4 is 10.9 Å². The second-order valence-corrected chi connectivity index (χ2v) is 6.33. The Labute approximate surface area is 140 Å². The van der Waals surface area contributed by atoms with Gasteiger partial charge in [-0.25, -0.2) is 0 Å². The average Bonchev–Trinajstić information content (AvgIpc) is 3.04. The number of rotatable bonds is 5. The molecule has 0 aliphatic heterocycles. The van der Waals surface area contributed by atoms with Crippen molar-refractivity contribution in [3.8, 4) is 0 Å². The van der Waals surface area contributed by atoms with Crippen molar-refractivity contribution in [1.82, 2.24) is 9.88 Å². The van der Waals surface area contributed by atoms with E-state index in [1.54, 1.807) is 30.5 Å². The van der Waals surface area contributed by atoms with Crippen LogP contribution in [0.1, 0.15) is 42.0 Å². The highest BCUT2D eigenvalue weighted by Crippen LogP contribution is 2.23.